The van der Waals surface area contributed by atoms with E-state index in [1.165, 1.54) is 55.2 Å². The molecule has 0 atom stereocenters. The van der Waals surface area contributed by atoms with Crippen LogP contribution in [-0.2, 0) is 188 Å². The molecule has 6 radical (unpaired) electrons. The molecule has 0 saturated heterocycles. The molecule has 0 N–H and O–H groups in total. The molecule has 0 aliphatic heterocycles. The molecule has 85 heavy (non-hydrogen) atoms. The number of benzene rings is 4. The molecule has 0 aliphatic carbocycles. The molecule has 10 rings (SSSR count). The van der Waals surface area contributed by atoms with E-state index in [0.717, 1.165) is 0 Å². The summed E-state index contributed by atoms with van der Waals surface area (Å²) in [5, 5.41) is 0. The number of rotatable bonds is 4. The summed E-state index contributed by atoms with van der Waals surface area (Å²) in [6, 6.07) is 67.2. The van der Waals surface area contributed by atoms with Gasteiger partial charge in [-0.3, -0.25) is 29.9 Å². The minimum Gasteiger partial charge on any atom is -2.00 e. The third-order valence-corrected chi connectivity index (χ3v) is 10.1. The van der Waals surface area contributed by atoms with Crippen molar-refractivity contribution >= 4 is 28.0 Å². The number of hydrogen-bond donors (Lipinski definition) is 0. The molecule has 0 aliphatic rings. The van der Waals surface area contributed by atoms with Crippen molar-refractivity contribution in [2.75, 3.05) is 0 Å². The molecule has 474 valence electrons. The maximum absolute atomic E-state index is 3.88. The minimum atomic E-state index is -1.22. The third-order valence-electron chi connectivity index (χ3n) is 10.1. The first-order valence-electron chi connectivity index (χ1n) is 22.4. The Kier molecular flexibility index (Phi) is 103. The van der Waals surface area contributed by atoms with E-state index in [4.69, 9.17) is 0 Å². The van der Waals surface area contributed by atoms with Crippen molar-refractivity contribution in [1.29, 1.82) is 0 Å². The van der Waals surface area contributed by atoms with E-state index in [1.54, 1.807) is 37.2 Å². The molecule has 4 aromatic carbocycles. The molecule has 10 aromatic rings. The second kappa shape index (κ2) is 73.6. The van der Waals surface area contributed by atoms with Crippen molar-refractivity contribution in [1.82, 2.24) is 29.9 Å². The topological polar surface area (TPSA) is 419 Å². The zero-order valence-electron chi connectivity index (χ0n) is 46.8. The summed E-state index contributed by atoms with van der Waals surface area (Å²) >= 11 is 0. The van der Waals surface area contributed by atoms with Gasteiger partial charge in [0.1, 0.15) is 6.15 Å². The maximum atomic E-state index is 3.88. The van der Waals surface area contributed by atoms with Crippen molar-refractivity contribution in [2.24, 2.45) is 0 Å². The smallest absolute Gasteiger partial charge is 0.108 e. The molecular formula is C60H62BN6O12Re6-25. The predicted octanol–water partition coefficient (Wildman–Crippen LogP) is 9.96. The Hall–Kier alpha value is -4.66. The van der Waals surface area contributed by atoms with Crippen LogP contribution >= 0.6 is 0 Å². The zero-order chi connectivity index (χ0) is 47.6. The summed E-state index contributed by atoms with van der Waals surface area (Å²) < 4.78 is 0. The standard InChI is InChI=1S/C24H20B.6C6H7N.12O.6Re/c1-5-13-21(14-6-1)25(22-15-7-2-8-16-22,23-17-9-3-10-18-23)24-19-11-4-12-20-24;6*1-6-3-2-4-7-5-6;;;;;;;;;;;;;;;;;;/h1-20H;6*2-5H,1H3;;;;;;;;;;;;;;;;;;/q-1;;;;;;;12*-2;;;;;;. The van der Waals surface area contributed by atoms with Gasteiger partial charge in [-0.05, 0) is 111 Å². The first-order valence-corrected chi connectivity index (χ1v) is 22.4. The van der Waals surface area contributed by atoms with Crippen LogP contribution in [0.1, 0.15) is 33.4 Å². The number of hydrogen-bond acceptors (Lipinski definition) is 6. The summed E-state index contributed by atoms with van der Waals surface area (Å²) in [4.78, 5) is 23.3. The Bertz CT molecular complexity index is 2310. The van der Waals surface area contributed by atoms with Gasteiger partial charge < -0.3 is 65.7 Å². The normalized spacial score (nSPS) is 7.60. The van der Waals surface area contributed by atoms with Gasteiger partial charge in [-0.2, -0.15) is 21.9 Å². The van der Waals surface area contributed by atoms with Gasteiger partial charge >= 0.3 is 0 Å². The number of aryl methyl sites for hydroxylation is 6. The van der Waals surface area contributed by atoms with Crippen molar-refractivity contribution < 1.29 is 188 Å². The van der Waals surface area contributed by atoms with Gasteiger partial charge in [0.25, 0.3) is 0 Å². The molecule has 0 amide bonds. The number of pyridine rings is 6. The van der Waals surface area contributed by atoms with Crippen LogP contribution in [0.25, 0.3) is 0 Å². The molecule has 6 heterocycles. The molecule has 25 heteroatoms. The van der Waals surface area contributed by atoms with Gasteiger partial charge in [0.2, 0.25) is 0 Å². The van der Waals surface area contributed by atoms with Gasteiger partial charge in [-0.1, -0.05) is 158 Å². The average Bonchev–Trinajstić information content (AvgIpc) is 3.38. The van der Waals surface area contributed by atoms with E-state index < -0.39 is 6.15 Å². The molecular weight excluding hydrogens is 2120 g/mol. The molecule has 6 aromatic heterocycles. The van der Waals surface area contributed by atoms with E-state index in [0.29, 0.717) is 0 Å². The Morgan fingerprint density at radius 2 is 0.318 bits per heavy atom. The monoisotopic (exact) mass is 2190 g/mol. The van der Waals surface area contributed by atoms with Crippen molar-refractivity contribution in [3.63, 3.8) is 0 Å². The molecule has 0 saturated carbocycles. The largest absolute Gasteiger partial charge is 2.00 e. The van der Waals surface area contributed by atoms with E-state index in [1.807, 2.05) is 152 Å². The fourth-order valence-electron chi connectivity index (χ4n) is 6.81. The first kappa shape index (κ1) is 118. The SMILES string of the molecule is Cc1cccnc1.Cc1cccnc1.Cc1cccnc1.Cc1cccnc1.Cc1cccnc1.Cc1cccnc1.[O-2].[O-2].[O-2].[O-2].[O-2].[O-2].[O-2].[O-2].[O-2].[O-2].[O-2].[O-2].[Re].[Re].[Re].[Re].[Re].[Re].c1ccc([B-](c2ccccc2)(c2ccccc2)c2ccccc2)cc1. The van der Waals surface area contributed by atoms with Crippen LogP contribution in [0.5, 0.6) is 0 Å². The summed E-state index contributed by atoms with van der Waals surface area (Å²) in [6.45, 7) is 12.1. The second-order valence-corrected chi connectivity index (χ2v) is 15.7. The molecule has 0 unspecified atom stereocenters. The fourth-order valence-corrected chi connectivity index (χ4v) is 6.81. The van der Waals surface area contributed by atoms with Gasteiger partial charge in [-0.15, -0.1) is 0 Å². The summed E-state index contributed by atoms with van der Waals surface area (Å²) in [5.74, 6) is 0. The first-order chi connectivity index (χ1) is 32.8. The Labute approximate surface area is 584 Å². The molecule has 0 fully saturated rings. The van der Waals surface area contributed by atoms with Crippen molar-refractivity contribution in [2.45, 2.75) is 41.5 Å². The Morgan fingerprint density at radius 1 is 0.188 bits per heavy atom. The number of nitrogens with zero attached hydrogens (tertiary/aromatic N) is 6. The Balaban J connectivity index is -0.0000000541. The van der Waals surface area contributed by atoms with Crippen LogP contribution in [0, 0.1) is 41.5 Å². The summed E-state index contributed by atoms with van der Waals surface area (Å²) in [6.07, 6.45) is 20.4. The average molecular weight is 2190 g/mol. The van der Waals surface area contributed by atoms with Gasteiger partial charge in [0.05, 0.1) is 0 Å². The molecule has 0 spiro atoms. The molecule has 18 nitrogen and oxygen atoms in total. The van der Waals surface area contributed by atoms with Crippen LogP contribution in [0.2, 0.25) is 0 Å². The third kappa shape index (κ3) is 48.1. The summed E-state index contributed by atoms with van der Waals surface area (Å²) in [5.41, 5.74) is 12.6. The van der Waals surface area contributed by atoms with Crippen molar-refractivity contribution in [3.05, 3.63) is 302 Å². The van der Waals surface area contributed by atoms with Crippen LogP contribution in [0.3, 0.4) is 0 Å². The summed E-state index contributed by atoms with van der Waals surface area (Å²) in [7, 11) is 0. The van der Waals surface area contributed by atoms with Crippen LogP contribution in [-0.4, -0.2) is 36.0 Å². The number of aromatic nitrogens is 6. The Morgan fingerprint density at radius 3 is 0.400 bits per heavy atom. The van der Waals surface area contributed by atoms with Crippen molar-refractivity contribution in [3.8, 4) is 0 Å². The predicted molar refractivity (Wildman–Crippen MR) is 292 cm³/mol. The fraction of sp³-hybridized carbons (Fsp3) is 0.100. The van der Waals surface area contributed by atoms with E-state index in [2.05, 4.69) is 151 Å². The van der Waals surface area contributed by atoms with Gasteiger partial charge in [0, 0.05) is 197 Å². The quantitative estimate of drug-likeness (QED) is 0.154. The van der Waals surface area contributed by atoms with E-state index in [-0.39, 0.29) is 188 Å². The van der Waals surface area contributed by atoms with Crippen LogP contribution < -0.4 is 21.9 Å². The van der Waals surface area contributed by atoms with Crippen LogP contribution in [0.4, 0.5) is 0 Å². The van der Waals surface area contributed by atoms with Gasteiger partial charge in [0.15, 0.2) is 0 Å². The molecule has 0 bridgehead atoms. The maximum Gasteiger partial charge on any atom is 0.108 e. The van der Waals surface area contributed by atoms with Gasteiger partial charge in [-0.25, -0.2) is 0 Å². The second-order valence-electron chi connectivity index (χ2n) is 15.7. The van der Waals surface area contributed by atoms with E-state index in [9.17, 15) is 0 Å². The zero-order valence-corrected chi connectivity index (χ0v) is 63.1. The van der Waals surface area contributed by atoms with E-state index >= 15 is 0 Å². The minimum absolute atomic E-state index is 0. The van der Waals surface area contributed by atoms with Crippen LogP contribution in [0.15, 0.2) is 268 Å².